The molecule has 0 saturated heterocycles. The monoisotopic (exact) mass is 252 g/mol. The van der Waals surface area contributed by atoms with E-state index in [2.05, 4.69) is 0 Å². The van der Waals surface area contributed by atoms with Gasteiger partial charge in [0.05, 0.1) is 7.11 Å². The molecular formula is C7H12Cl4O. The van der Waals surface area contributed by atoms with Crippen molar-refractivity contribution in [2.45, 2.75) is 0 Å². The Morgan fingerprint density at radius 2 is 1.25 bits per heavy atom. The molecule has 0 N–H and O–H groups in total. The Morgan fingerprint density at radius 3 is 1.50 bits per heavy atom. The van der Waals surface area contributed by atoms with Gasteiger partial charge in [-0.25, -0.2) is 0 Å². The molecule has 0 aliphatic carbocycles. The van der Waals surface area contributed by atoms with Gasteiger partial charge in [-0.15, -0.1) is 49.6 Å². The summed E-state index contributed by atoms with van der Waals surface area (Å²) in [6.45, 7) is 0. The van der Waals surface area contributed by atoms with Crippen molar-refractivity contribution in [2.24, 2.45) is 0 Å². The van der Waals surface area contributed by atoms with Crippen molar-refractivity contribution in [1.29, 1.82) is 0 Å². The second-order valence-corrected chi connectivity index (χ2v) is 1.52. The van der Waals surface area contributed by atoms with E-state index in [9.17, 15) is 0 Å². The predicted octanol–water partition coefficient (Wildman–Crippen LogP) is 3.38. The number of hydrogen-bond donors (Lipinski definition) is 0. The Bertz CT molecular complexity index is 157. The van der Waals surface area contributed by atoms with Gasteiger partial charge in [0.2, 0.25) is 0 Å². The number of benzene rings is 1. The van der Waals surface area contributed by atoms with Crippen molar-refractivity contribution >= 4 is 49.6 Å². The van der Waals surface area contributed by atoms with Gasteiger partial charge in [0.25, 0.3) is 0 Å². The van der Waals surface area contributed by atoms with E-state index in [0.29, 0.717) is 0 Å². The van der Waals surface area contributed by atoms with Crippen LogP contribution in [-0.2, 0) is 0 Å². The first-order chi connectivity index (χ1) is 3.93. The largest absolute Gasteiger partial charge is 0.497 e. The lowest BCUT2D eigenvalue weighted by Gasteiger charge is -1.93. The Labute approximate surface area is 97.5 Å². The highest BCUT2D eigenvalue weighted by Crippen LogP contribution is 2.05. The lowest BCUT2D eigenvalue weighted by Crippen LogP contribution is -1.78. The molecule has 0 atom stereocenters. The molecule has 0 aliphatic rings. The van der Waals surface area contributed by atoms with Gasteiger partial charge < -0.3 is 4.74 Å². The standard InChI is InChI=1S/C7H8O.4ClH/c1-8-7-5-3-2-4-6-7;;;;/h2-6H,1H3;4*1H. The number of para-hydroxylation sites is 1. The van der Waals surface area contributed by atoms with Gasteiger partial charge in [0.15, 0.2) is 0 Å². The zero-order valence-corrected chi connectivity index (χ0v) is 9.69. The maximum absolute atomic E-state index is 4.91. The van der Waals surface area contributed by atoms with Crippen molar-refractivity contribution < 1.29 is 4.74 Å². The van der Waals surface area contributed by atoms with Crippen molar-refractivity contribution in [3.05, 3.63) is 30.3 Å². The molecule has 0 aromatic heterocycles. The zero-order chi connectivity index (χ0) is 5.82. The molecule has 0 heterocycles. The van der Waals surface area contributed by atoms with Crippen LogP contribution in [-0.4, -0.2) is 7.11 Å². The highest BCUT2D eigenvalue weighted by Gasteiger charge is 1.80. The number of hydrogen-bond acceptors (Lipinski definition) is 1. The van der Waals surface area contributed by atoms with Crippen LogP contribution in [0.25, 0.3) is 0 Å². The molecule has 0 fully saturated rings. The first kappa shape index (κ1) is 22.8. The fourth-order valence-corrected chi connectivity index (χ4v) is 0.557. The number of halogens is 4. The van der Waals surface area contributed by atoms with Gasteiger partial charge in [0, 0.05) is 0 Å². The molecule has 74 valence electrons. The van der Waals surface area contributed by atoms with Crippen LogP contribution < -0.4 is 4.74 Å². The predicted molar refractivity (Wildman–Crippen MR) is 62.0 cm³/mol. The van der Waals surface area contributed by atoms with Crippen LogP contribution >= 0.6 is 49.6 Å². The maximum atomic E-state index is 4.91. The van der Waals surface area contributed by atoms with Crippen LogP contribution in [0.15, 0.2) is 30.3 Å². The molecule has 0 amide bonds. The maximum Gasteiger partial charge on any atom is 0.118 e. The third-order valence-electron chi connectivity index (χ3n) is 0.979. The minimum Gasteiger partial charge on any atom is -0.497 e. The molecule has 1 aromatic rings. The zero-order valence-electron chi connectivity index (χ0n) is 6.43. The Hall–Kier alpha value is 0.180. The number of ether oxygens (including phenoxy) is 1. The molecule has 1 rings (SSSR count). The van der Waals surface area contributed by atoms with Crippen LogP contribution in [0.5, 0.6) is 5.75 Å². The van der Waals surface area contributed by atoms with E-state index in [1.807, 2.05) is 30.3 Å². The van der Waals surface area contributed by atoms with E-state index in [-0.39, 0.29) is 49.6 Å². The summed E-state index contributed by atoms with van der Waals surface area (Å²) in [7, 11) is 1.66. The lowest BCUT2D eigenvalue weighted by molar-refractivity contribution is 0.415. The first-order valence-corrected chi connectivity index (χ1v) is 2.52. The van der Waals surface area contributed by atoms with E-state index in [1.165, 1.54) is 0 Å². The molecule has 1 nitrogen and oxygen atoms in total. The van der Waals surface area contributed by atoms with E-state index in [0.717, 1.165) is 5.75 Å². The minimum absolute atomic E-state index is 0. The van der Waals surface area contributed by atoms with Crippen LogP contribution in [0.1, 0.15) is 0 Å². The molecule has 0 unspecified atom stereocenters. The number of methoxy groups -OCH3 is 1. The lowest BCUT2D eigenvalue weighted by atomic mass is 10.3. The van der Waals surface area contributed by atoms with Crippen molar-refractivity contribution in [2.75, 3.05) is 7.11 Å². The topological polar surface area (TPSA) is 9.23 Å². The summed E-state index contributed by atoms with van der Waals surface area (Å²) < 4.78 is 4.91. The number of rotatable bonds is 1. The Morgan fingerprint density at radius 1 is 0.833 bits per heavy atom. The summed E-state index contributed by atoms with van der Waals surface area (Å²) >= 11 is 0. The van der Waals surface area contributed by atoms with Gasteiger partial charge in [-0.05, 0) is 12.1 Å². The van der Waals surface area contributed by atoms with Crippen LogP contribution in [0.4, 0.5) is 0 Å². The van der Waals surface area contributed by atoms with E-state index >= 15 is 0 Å². The molecule has 0 saturated carbocycles. The van der Waals surface area contributed by atoms with Crippen molar-refractivity contribution in [1.82, 2.24) is 0 Å². The summed E-state index contributed by atoms with van der Waals surface area (Å²) in [4.78, 5) is 0. The van der Waals surface area contributed by atoms with Crippen molar-refractivity contribution in [3.8, 4) is 5.75 Å². The van der Waals surface area contributed by atoms with E-state index in [1.54, 1.807) is 7.11 Å². The summed E-state index contributed by atoms with van der Waals surface area (Å²) in [6, 6.07) is 9.68. The second kappa shape index (κ2) is 13.7. The summed E-state index contributed by atoms with van der Waals surface area (Å²) in [6.07, 6.45) is 0. The molecule has 1 aromatic carbocycles. The second-order valence-electron chi connectivity index (χ2n) is 1.52. The average molecular weight is 254 g/mol. The molecule has 0 radical (unpaired) electrons. The third kappa shape index (κ3) is 8.28. The summed E-state index contributed by atoms with van der Waals surface area (Å²) in [5.74, 6) is 0.910. The quantitative estimate of drug-likeness (QED) is 0.746. The van der Waals surface area contributed by atoms with Crippen LogP contribution in [0.2, 0.25) is 0 Å². The highest BCUT2D eigenvalue weighted by molar-refractivity contribution is 5.86. The molecule has 0 spiro atoms. The van der Waals surface area contributed by atoms with Gasteiger partial charge >= 0.3 is 0 Å². The normalized spacial score (nSPS) is 5.75. The first-order valence-electron chi connectivity index (χ1n) is 2.52. The molecular weight excluding hydrogens is 242 g/mol. The van der Waals surface area contributed by atoms with E-state index in [4.69, 9.17) is 4.74 Å². The van der Waals surface area contributed by atoms with Gasteiger partial charge in [-0.3, -0.25) is 0 Å². The SMILES string of the molecule is COc1ccccc1.Cl.Cl.Cl.Cl. The summed E-state index contributed by atoms with van der Waals surface area (Å²) in [5.41, 5.74) is 0. The molecule has 0 aliphatic heterocycles. The van der Waals surface area contributed by atoms with Gasteiger partial charge in [-0.1, -0.05) is 18.2 Å². The Kier molecular flexibility index (Phi) is 26.1. The average Bonchev–Trinajstić information content (AvgIpc) is 1.90. The summed E-state index contributed by atoms with van der Waals surface area (Å²) in [5, 5.41) is 0. The molecule has 12 heavy (non-hydrogen) atoms. The van der Waals surface area contributed by atoms with Crippen LogP contribution in [0, 0.1) is 0 Å². The van der Waals surface area contributed by atoms with Crippen molar-refractivity contribution in [3.63, 3.8) is 0 Å². The van der Waals surface area contributed by atoms with Gasteiger partial charge in [0.1, 0.15) is 5.75 Å². The molecule has 0 bridgehead atoms. The fraction of sp³-hybridized carbons (Fsp3) is 0.143. The third-order valence-corrected chi connectivity index (χ3v) is 0.979. The van der Waals surface area contributed by atoms with E-state index < -0.39 is 0 Å². The fourth-order valence-electron chi connectivity index (χ4n) is 0.557. The van der Waals surface area contributed by atoms with Crippen LogP contribution in [0.3, 0.4) is 0 Å². The minimum atomic E-state index is 0. The molecule has 5 heteroatoms. The smallest absolute Gasteiger partial charge is 0.118 e. The highest BCUT2D eigenvalue weighted by atomic mass is 35.5. The van der Waals surface area contributed by atoms with Gasteiger partial charge in [-0.2, -0.15) is 0 Å². The Balaban J connectivity index is -0.0000000800.